The number of carbonyl (C=O) groups is 2. The maximum absolute atomic E-state index is 13.0. The molecule has 2 saturated heterocycles. The summed E-state index contributed by atoms with van der Waals surface area (Å²) in [6.07, 6.45) is 2.85. The van der Waals surface area contributed by atoms with E-state index < -0.39 is 10.0 Å². The van der Waals surface area contributed by atoms with Gasteiger partial charge in [-0.25, -0.2) is 8.42 Å². The Kier molecular flexibility index (Phi) is 5.86. The summed E-state index contributed by atoms with van der Waals surface area (Å²) in [6, 6.07) is 4.76. The van der Waals surface area contributed by atoms with Crippen LogP contribution in [0.1, 0.15) is 41.6 Å². The van der Waals surface area contributed by atoms with Gasteiger partial charge in [-0.2, -0.15) is 4.31 Å². The summed E-state index contributed by atoms with van der Waals surface area (Å²) < 4.78 is 31.9. The second-order valence-corrected chi connectivity index (χ2v) is 9.12. The Balaban J connectivity index is 1.78. The molecule has 0 radical (unpaired) electrons. The first-order chi connectivity index (χ1) is 12.8. The fraction of sp³-hybridized carbons (Fsp3) is 0.579. The highest BCUT2D eigenvalue weighted by molar-refractivity contribution is 7.89. The van der Waals surface area contributed by atoms with E-state index in [1.807, 2.05) is 0 Å². The molecule has 27 heavy (non-hydrogen) atoms. The van der Waals surface area contributed by atoms with Gasteiger partial charge in [-0.1, -0.05) is 6.07 Å². The van der Waals surface area contributed by atoms with E-state index in [1.165, 1.54) is 17.5 Å². The molecule has 2 heterocycles. The van der Waals surface area contributed by atoms with Gasteiger partial charge >= 0.3 is 5.97 Å². The number of hydrogen-bond acceptors (Lipinski definition) is 5. The van der Waals surface area contributed by atoms with Crippen molar-refractivity contribution in [3.05, 3.63) is 29.3 Å². The minimum Gasteiger partial charge on any atom is -0.469 e. The second kappa shape index (κ2) is 7.98. The first-order valence-electron chi connectivity index (χ1n) is 9.32. The quantitative estimate of drug-likeness (QED) is 0.727. The molecule has 1 aromatic rings. The molecule has 8 heteroatoms. The van der Waals surface area contributed by atoms with Gasteiger partial charge < -0.3 is 9.64 Å². The fourth-order valence-electron chi connectivity index (χ4n) is 3.72. The van der Waals surface area contributed by atoms with E-state index in [-0.39, 0.29) is 22.7 Å². The molecule has 1 aromatic carbocycles. The number of hydrogen-bond donors (Lipinski definition) is 0. The van der Waals surface area contributed by atoms with Gasteiger partial charge in [-0.15, -0.1) is 0 Å². The van der Waals surface area contributed by atoms with Crippen LogP contribution in [0, 0.1) is 12.8 Å². The number of carbonyl (C=O) groups excluding carboxylic acids is 2. The van der Waals surface area contributed by atoms with Crippen molar-refractivity contribution in [1.29, 1.82) is 0 Å². The van der Waals surface area contributed by atoms with Crippen molar-refractivity contribution in [2.75, 3.05) is 33.3 Å². The Morgan fingerprint density at radius 2 is 1.70 bits per heavy atom. The first-order valence-corrected chi connectivity index (χ1v) is 10.8. The van der Waals surface area contributed by atoms with Crippen LogP contribution in [0.15, 0.2) is 23.1 Å². The lowest BCUT2D eigenvalue weighted by Crippen LogP contribution is -2.40. The minimum atomic E-state index is -3.56. The van der Waals surface area contributed by atoms with E-state index in [2.05, 4.69) is 0 Å². The van der Waals surface area contributed by atoms with Crippen LogP contribution in [-0.4, -0.2) is 62.8 Å². The zero-order chi connectivity index (χ0) is 19.6. The number of nitrogens with zero attached hydrogens (tertiary/aromatic N) is 2. The summed E-state index contributed by atoms with van der Waals surface area (Å²) in [5, 5.41) is 0. The van der Waals surface area contributed by atoms with Crippen LogP contribution in [0.4, 0.5) is 0 Å². The topological polar surface area (TPSA) is 84.0 Å². The van der Waals surface area contributed by atoms with Crippen LogP contribution in [0.3, 0.4) is 0 Å². The van der Waals surface area contributed by atoms with Gasteiger partial charge in [0.2, 0.25) is 10.0 Å². The molecule has 0 unspecified atom stereocenters. The molecule has 0 aromatic heterocycles. The summed E-state index contributed by atoms with van der Waals surface area (Å²) >= 11 is 0. The molecule has 2 aliphatic heterocycles. The average molecular weight is 394 g/mol. The Morgan fingerprint density at radius 1 is 1.07 bits per heavy atom. The van der Waals surface area contributed by atoms with Crippen LogP contribution in [0.2, 0.25) is 0 Å². The zero-order valence-corrected chi connectivity index (χ0v) is 16.6. The number of sulfonamides is 1. The molecule has 0 bridgehead atoms. The standard InChI is InChI=1S/C19H26N2O5S/c1-14-5-6-16(27(24,25)21-9-3-4-10-21)13-17(14)18(22)20-11-7-15(8-12-20)19(23)26-2/h5-6,13,15H,3-4,7-12H2,1-2H3. The molecule has 7 nitrogen and oxygen atoms in total. The van der Waals surface area contributed by atoms with Crippen molar-refractivity contribution in [3.8, 4) is 0 Å². The summed E-state index contributed by atoms with van der Waals surface area (Å²) in [4.78, 5) is 26.5. The Hall–Kier alpha value is -1.93. The van der Waals surface area contributed by atoms with Crippen molar-refractivity contribution in [2.45, 2.75) is 37.5 Å². The SMILES string of the molecule is COC(=O)C1CCN(C(=O)c2cc(S(=O)(=O)N3CCCC3)ccc2C)CC1. The van der Waals surface area contributed by atoms with Crippen molar-refractivity contribution < 1.29 is 22.7 Å². The van der Waals surface area contributed by atoms with Crippen molar-refractivity contribution in [2.24, 2.45) is 5.92 Å². The number of rotatable bonds is 4. The van der Waals surface area contributed by atoms with E-state index in [9.17, 15) is 18.0 Å². The Bertz CT molecular complexity index is 823. The summed E-state index contributed by atoms with van der Waals surface area (Å²) in [7, 11) is -2.19. The number of esters is 1. The molecular formula is C19H26N2O5S. The average Bonchev–Trinajstić information content (AvgIpc) is 3.23. The molecule has 148 valence electrons. The molecule has 0 aliphatic carbocycles. The summed E-state index contributed by atoms with van der Waals surface area (Å²) in [6.45, 7) is 3.78. The van der Waals surface area contributed by atoms with Crippen LogP contribution >= 0.6 is 0 Å². The molecule has 0 atom stereocenters. The number of likely N-dealkylation sites (tertiary alicyclic amines) is 1. The van der Waals surface area contributed by atoms with Gasteiger partial charge in [0.1, 0.15) is 0 Å². The van der Waals surface area contributed by atoms with Crippen molar-refractivity contribution in [3.63, 3.8) is 0 Å². The fourth-order valence-corrected chi connectivity index (χ4v) is 5.27. The van der Waals surface area contributed by atoms with Gasteiger partial charge in [0.15, 0.2) is 0 Å². The third-order valence-electron chi connectivity index (χ3n) is 5.46. The number of ether oxygens (including phenoxy) is 1. The lowest BCUT2D eigenvalue weighted by molar-refractivity contribution is -0.146. The van der Waals surface area contributed by atoms with Crippen LogP contribution < -0.4 is 0 Å². The van der Waals surface area contributed by atoms with Gasteiger partial charge in [0.25, 0.3) is 5.91 Å². The monoisotopic (exact) mass is 394 g/mol. The normalized spacial score (nSPS) is 19.3. The van der Waals surface area contributed by atoms with Gasteiger partial charge in [0, 0.05) is 31.7 Å². The molecule has 0 spiro atoms. The highest BCUT2D eigenvalue weighted by Crippen LogP contribution is 2.25. The molecular weight excluding hydrogens is 368 g/mol. The van der Waals surface area contributed by atoms with E-state index in [1.54, 1.807) is 24.0 Å². The zero-order valence-electron chi connectivity index (χ0n) is 15.8. The first kappa shape index (κ1) is 19.8. The maximum Gasteiger partial charge on any atom is 0.308 e. The minimum absolute atomic E-state index is 0.169. The predicted molar refractivity (Wildman–Crippen MR) is 99.8 cm³/mol. The lowest BCUT2D eigenvalue weighted by Gasteiger charge is -2.31. The highest BCUT2D eigenvalue weighted by Gasteiger charge is 2.31. The largest absolute Gasteiger partial charge is 0.469 e. The predicted octanol–water partition coefficient (Wildman–Crippen LogP) is 1.80. The number of piperidine rings is 1. The Morgan fingerprint density at radius 3 is 2.30 bits per heavy atom. The van der Waals surface area contributed by atoms with Gasteiger partial charge in [0.05, 0.1) is 17.9 Å². The molecule has 2 fully saturated rings. The third-order valence-corrected chi connectivity index (χ3v) is 7.35. The van der Waals surface area contributed by atoms with Crippen molar-refractivity contribution >= 4 is 21.9 Å². The van der Waals surface area contributed by atoms with Gasteiger partial charge in [-0.05, 0) is 50.3 Å². The third kappa shape index (κ3) is 4.01. The molecule has 1 amide bonds. The smallest absolute Gasteiger partial charge is 0.308 e. The van der Waals surface area contributed by atoms with E-state index in [0.717, 1.165) is 18.4 Å². The van der Waals surface area contributed by atoms with Crippen molar-refractivity contribution in [1.82, 2.24) is 9.21 Å². The number of aryl methyl sites for hydroxylation is 1. The highest BCUT2D eigenvalue weighted by atomic mass is 32.2. The van der Waals surface area contributed by atoms with E-state index in [0.29, 0.717) is 44.6 Å². The van der Waals surface area contributed by atoms with E-state index in [4.69, 9.17) is 4.74 Å². The lowest BCUT2D eigenvalue weighted by atomic mass is 9.96. The number of benzene rings is 1. The second-order valence-electron chi connectivity index (χ2n) is 7.18. The number of methoxy groups -OCH3 is 1. The van der Waals surface area contributed by atoms with Gasteiger partial charge in [-0.3, -0.25) is 9.59 Å². The maximum atomic E-state index is 13.0. The van der Waals surface area contributed by atoms with Crippen LogP contribution in [0.5, 0.6) is 0 Å². The summed E-state index contributed by atoms with van der Waals surface area (Å²) in [5.41, 5.74) is 1.15. The van der Waals surface area contributed by atoms with E-state index >= 15 is 0 Å². The molecule has 0 saturated carbocycles. The molecule has 0 N–H and O–H groups in total. The Labute approximate surface area is 160 Å². The van der Waals surface area contributed by atoms with Crippen LogP contribution in [-0.2, 0) is 19.6 Å². The number of amides is 1. The molecule has 2 aliphatic rings. The summed E-state index contributed by atoms with van der Waals surface area (Å²) in [5.74, 6) is -0.603. The van der Waals surface area contributed by atoms with Crippen LogP contribution in [0.25, 0.3) is 0 Å². The molecule has 3 rings (SSSR count).